The Balaban J connectivity index is 1.09. The van der Waals surface area contributed by atoms with Gasteiger partial charge in [-0.2, -0.15) is 0 Å². The second-order valence-electron chi connectivity index (χ2n) is 11.8. The average Bonchev–Trinajstić information content (AvgIpc) is 3.54. The molecule has 0 aliphatic carbocycles. The summed E-state index contributed by atoms with van der Waals surface area (Å²) in [7, 11) is 0. The first-order valence-electron chi connectivity index (χ1n) is 14.9. The SMILES string of the molecule is CC(C)c1ccc(N2CN(CCCCN3CN(c4ccc(C(C)C)cc4)c4ccccc43)c3ccccc32)cc1. The van der Waals surface area contributed by atoms with Gasteiger partial charge in [-0.15, -0.1) is 0 Å². The lowest BCUT2D eigenvalue weighted by Crippen LogP contribution is -2.31. The van der Waals surface area contributed by atoms with E-state index in [2.05, 4.69) is 144 Å². The van der Waals surface area contributed by atoms with Crippen molar-refractivity contribution in [1.29, 1.82) is 0 Å². The highest BCUT2D eigenvalue weighted by molar-refractivity contribution is 5.83. The quantitative estimate of drug-likeness (QED) is 0.200. The Morgan fingerprint density at radius 1 is 0.475 bits per heavy atom. The Kier molecular flexibility index (Phi) is 7.42. The number of hydrogen-bond acceptors (Lipinski definition) is 4. The summed E-state index contributed by atoms with van der Waals surface area (Å²) >= 11 is 0. The monoisotopic (exact) mass is 530 g/mol. The van der Waals surface area contributed by atoms with Gasteiger partial charge in [0.05, 0.1) is 36.1 Å². The van der Waals surface area contributed by atoms with Gasteiger partial charge in [-0.25, -0.2) is 0 Å². The normalized spacial score (nSPS) is 14.4. The molecular formula is C36H42N4. The fourth-order valence-corrected chi connectivity index (χ4v) is 6.07. The van der Waals surface area contributed by atoms with Gasteiger partial charge in [-0.3, -0.25) is 0 Å². The molecule has 2 aliphatic rings. The highest BCUT2D eigenvalue weighted by Crippen LogP contribution is 2.42. The van der Waals surface area contributed by atoms with Crippen molar-refractivity contribution in [3.63, 3.8) is 0 Å². The molecule has 0 aromatic heterocycles. The molecule has 4 heteroatoms. The molecule has 4 nitrogen and oxygen atoms in total. The molecular weight excluding hydrogens is 488 g/mol. The van der Waals surface area contributed by atoms with Crippen molar-refractivity contribution >= 4 is 34.1 Å². The van der Waals surface area contributed by atoms with E-state index in [9.17, 15) is 0 Å². The number of para-hydroxylation sites is 4. The Labute approximate surface area is 240 Å². The van der Waals surface area contributed by atoms with Crippen LogP contribution in [0.5, 0.6) is 0 Å². The summed E-state index contributed by atoms with van der Waals surface area (Å²) in [5, 5.41) is 0. The summed E-state index contributed by atoms with van der Waals surface area (Å²) in [5.74, 6) is 1.10. The number of benzene rings is 4. The van der Waals surface area contributed by atoms with Gasteiger partial charge in [0.1, 0.15) is 0 Å². The van der Waals surface area contributed by atoms with Crippen molar-refractivity contribution in [1.82, 2.24) is 0 Å². The molecule has 2 heterocycles. The average molecular weight is 531 g/mol. The zero-order valence-corrected chi connectivity index (χ0v) is 24.4. The lowest BCUT2D eigenvalue weighted by Gasteiger charge is -2.24. The molecule has 6 rings (SSSR count). The van der Waals surface area contributed by atoms with E-state index < -0.39 is 0 Å². The van der Waals surface area contributed by atoms with Crippen molar-refractivity contribution in [3.8, 4) is 0 Å². The largest absolute Gasteiger partial charge is 0.352 e. The number of anilines is 6. The van der Waals surface area contributed by atoms with Crippen LogP contribution in [0.2, 0.25) is 0 Å². The Hall–Kier alpha value is -3.92. The first-order chi connectivity index (χ1) is 19.5. The number of unbranched alkanes of at least 4 members (excludes halogenated alkanes) is 1. The first-order valence-corrected chi connectivity index (χ1v) is 14.9. The van der Waals surface area contributed by atoms with E-state index in [4.69, 9.17) is 0 Å². The molecule has 0 amide bonds. The number of hydrogen-bond donors (Lipinski definition) is 0. The van der Waals surface area contributed by atoms with Gasteiger partial charge in [0.25, 0.3) is 0 Å². The van der Waals surface area contributed by atoms with Crippen molar-refractivity contribution in [2.24, 2.45) is 0 Å². The number of fused-ring (bicyclic) bond motifs is 2. The van der Waals surface area contributed by atoms with E-state index in [1.54, 1.807) is 0 Å². The molecule has 206 valence electrons. The molecule has 0 saturated heterocycles. The topological polar surface area (TPSA) is 13.0 Å². The van der Waals surface area contributed by atoms with Crippen LogP contribution in [-0.4, -0.2) is 26.4 Å². The fraction of sp³-hybridized carbons (Fsp3) is 0.333. The van der Waals surface area contributed by atoms with Crippen LogP contribution >= 0.6 is 0 Å². The number of nitrogens with zero attached hydrogens (tertiary/aromatic N) is 4. The zero-order chi connectivity index (χ0) is 27.6. The van der Waals surface area contributed by atoms with Crippen LogP contribution in [0.3, 0.4) is 0 Å². The second-order valence-corrected chi connectivity index (χ2v) is 11.8. The van der Waals surface area contributed by atoms with Crippen LogP contribution in [-0.2, 0) is 0 Å². The maximum Gasteiger partial charge on any atom is 0.0953 e. The van der Waals surface area contributed by atoms with Crippen molar-refractivity contribution in [3.05, 3.63) is 108 Å². The van der Waals surface area contributed by atoms with E-state index in [1.807, 2.05) is 0 Å². The molecule has 4 aromatic rings. The van der Waals surface area contributed by atoms with E-state index in [1.165, 1.54) is 45.3 Å². The number of rotatable bonds is 9. The lowest BCUT2D eigenvalue weighted by atomic mass is 10.0. The van der Waals surface area contributed by atoms with Crippen LogP contribution in [0.15, 0.2) is 97.1 Å². The predicted molar refractivity (Wildman–Crippen MR) is 172 cm³/mol. The van der Waals surface area contributed by atoms with E-state index in [0.29, 0.717) is 11.8 Å². The third-order valence-corrected chi connectivity index (χ3v) is 8.50. The van der Waals surface area contributed by atoms with Crippen molar-refractivity contribution in [2.75, 3.05) is 46.0 Å². The molecule has 0 saturated carbocycles. The van der Waals surface area contributed by atoms with Gasteiger partial charge in [0.15, 0.2) is 0 Å². The third-order valence-electron chi connectivity index (χ3n) is 8.50. The zero-order valence-electron chi connectivity index (χ0n) is 24.4. The van der Waals surface area contributed by atoms with E-state index >= 15 is 0 Å². The van der Waals surface area contributed by atoms with Gasteiger partial charge in [-0.05, 0) is 84.3 Å². The highest BCUT2D eigenvalue weighted by Gasteiger charge is 2.28. The van der Waals surface area contributed by atoms with E-state index in [0.717, 1.165) is 39.3 Å². The van der Waals surface area contributed by atoms with Crippen LogP contribution in [0.1, 0.15) is 63.5 Å². The molecule has 2 aliphatic heterocycles. The molecule has 4 aromatic carbocycles. The smallest absolute Gasteiger partial charge is 0.0953 e. The van der Waals surface area contributed by atoms with Crippen molar-refractivity contribution < 1.29 is 0 Å². The maximum absolute atomic E-state index is 2.55. The fourth-order valence-electron chi connectivity index (χ4n) is 6.07. The first kappa shape index (κ1) is 26.3. The summed E-state index contributed by atoms with van der Waals surface area (Å²) in [6.45, 7) is 13.0. The molecule has 0 atom stereocenters. The summed E-state index contributed by atoms with van der Waals surface area (Å²) in [4.78, 5) is 10.0. The Bertz CT molecular complexity index is 1310. The minimum Gasteiger partial charge on any atom is -0.352 e. The minimum atomic E-state index is 0.552. The molecule has 40 heavy (non-hydrogen) atoms. The molecule has 0 spiro atoms. The second kappa shape index (κ2) is 11.3. The summed E-state index contributed by atoms with van der Waals surface area (Å²) in [6, 6.07) is 36.0. The molecule has 0 radical (unpaired) electrons. The summed E-state index contributed by atoms with van der Waals surface area (Å²) in [6.07, 6.45) is 2.33. The lowest BCUT2D eigenvalue weighted by molar-refractivity contribution is 0.678. The van der Waals surface area contributed by atoms with Crippen LogP contribution in [0, 0.1) is 0 Å². The van der Waals surface area contributed by atoms with Crippen molar-refractivity contribution in [2.45, 2.75) is 52.4 Å². The van der Waals surface area contributed by atoms with Crippen LogP contribution < -0.4 is 19.6 Å². The highest BCUT2D eigenvalue weighted by atomic mass is 15.4. The summed E-state index contributed by atoms with van der Waals surface area (Å²) < 4.78 is 0. The van der Waals surface area contributed by atoms with Gasteiger partial charge in [0, 0.05) is 24.5 Å². The van der Waals surface area contributed by atoms with Gasteiger partial charge in [0.2, 0.25) is 0 Å². The molecule has 0 N–H and O–H groups in total. The van der Waals surface area contributed by atoms with Gasteiger partial charge >= 0.3 is 0 Å². The maximum atomic E-state index is 2.55. The minimum absolute atomic E-state index is 0.552. The molecule has 0 unspecified atom stereocenters. The molecule has 0 bridgehead atoms. The Morgan fingerprint density at radius 2 is 0.825 bits per heavy atom. The standard InChI is InChI=1S/C36H42N4/c1-27(2)29-15-19-31(20-16-29)39-25-37(33-11-5-7-13-35(33)39)23-9-10-24-38-26-40(36-14-8-6-12-34(36)38)32-21-17-30(18-22-32)28(3)4/h5-8,11-22,27-28H,9-10,23-26H2,1-4H3. The predicted octanol–water partition coefficient (Wildman–Crippen LogP) is 9.25. The summed E-state index contributed by atoms with van der Waals surface area (Å²) in [5.41, 5.74) is 10.6. The van der Waals surface area contributed by atoms with Crippen LogP contribution in [0.4, 0.5) is 34.1 Å². The third kappa shape index (κ3) is 5.15. The van der Waals surface area contributed by atoms with E-state index in [-0.39, 0.29) is 0 Å². The Morgan fingerprint density at radius 3 is 1.18 bits per heavy atom. The van der Waals surface area contributed by atoms with Crippen LogP contribution in [0.25, 0.3) is 0 Å². The van der Waals surface area contributed by atoms with Gasteiger partial charge in [-0.1, -0.05) is 76.2 Å². The molecule has 0 fully saturated rings. The van der Waals surface area contributed by atoms with Gasteiger partial charge < -0.3 is 19.6 Å².